The summed E-state index contributed by atoms with van der Waals surface area (Å²) in [7, 11) is 0. The first kappa shape index (κ1) is 15.9. The fraction of sp³-hybridized carbons (Fsp3) is 0.385. The molecule has 1 saturated carbocycles. The van der Waals surface area contributed by atoms with Crippen molar-refractivity contribution in [3.05, 3.63) is 28.0 Å². The van der Waals surface area contributed by atoms with Gasteiger partial charge in [-0.05, 0) is 25.0 Å². The van der Waals surface area contributed by atoms with Crippen LogP contribution in [0.1, 0.15) is 19.3 Å². The van der Waals surface area contributed by atoms with Crippen molar-refractivity contribution in [2.45, 2.75) is 25.3 Å². The van der Waals surface area contributed by atoms with Gasteiger partial charge in [0.25, 0.3) is 0 Å². The molecule has 5 nitrogen and oxygen atoms in total. The van der Waals surface area contributed by atoms with Crippen molar-refractivity contribution in [1.29, 1.82) is 0 Å². The lowest BCUT2D eigenvalue weighted by atomic mass is 10.0. The lowest BCUT2D eigenvalue weighted by molar-refractivity contribution is -0.142. The molecule has 0 aliphatic heterocycles. The van der Waals surface area contributed by atoms with E-state index in [2.05, 4.69) is 10.6 Å². The summed E-state index contributed by atoms with van der Waals surface area (Å²) in [5, 5.41) is 13.7. The number of urea groups is 1. The molecule has 0 heterocycles. The number of hydrogen-bond donors (Lipinski definition) is 3. The second-order valence-electron chi connectivity index (χ2n) is 4.83. The van der Waals surface area contributed by atoms with Gasteiger partial charge >= 0.3 is 12.0 Å². The summed E-state index contributed by atoms with van der Waals surface area (Å²) >= 11 is 11.3. The predicted molar refractivity (Wildman–Crippen MR) is 77.3 cm³/mol. The Morgan fingerprint density at radius 3 is 2.43 bits per heavy atom. The number of amides is 2. The molecule has 1 aromatic carbocycles. The van der Waals surface area contributed by atoms with E-state index in [0.717, 1.165) is 6.42 Å². The standard InChI is InChI=1S/C13H13Cl2FN2O3/c14-8-4-6(5-9(15)11(8)16)17-13(21)18-10-3-1-2-7(10)12(19)20/h4-5,7,10H,1-3H2,(H,19,20)(H2,17,18,21). The molecule has 1 fully saturated rings. The van der Waals surface area contributed by atoms with Crippen LogP contribution in [0.15, 0.2) is 12.1 Å². The Kier molecular flexibility index (Phi) is 4.90. The van der Waals surface area contributed by atoms with Crippen LogP contribution in [0, 0.1) is 11.7 Å². The first-order valence-electron chi connectivity index (χ1n) is 6.33. The van der Waals surface area contributed by atoms with E-state index in [4.69, 9.17) is 28.3 Å². The number of carbonyl (C=O) groups is 2. The average Bonchev–Trinajstić information content (AvgIpc) is 2.83. The third kappa shape index (κ3) is 3.77. The van der Waals surface area contributed by atoms with Gasteiger partial charge in [-0.1, -0.05) is 29.6 Å². The number of carboxylic acids is 1. The summed E-state index contributed by atoms with van der Waals surface area (Å²) in [4.78, 5) is 22.9. The van der Waals surface area contributed by atoms with Crippen LogP contribution in [0.25, 0.3) is 0 Å². The lowest BCUT2D eigenvalue weighted by Gasteiger charge is -2.18. The zero-order valence-electron chi connectivity index (χ0n) is 10.8. The van der Waals surface area contributed by atoms with Gasteiger partial charge in [-0.25, -0.2) is 9.18 Å². The highest BCUT2D eigenvalue weighted by Crippen LogP contribution is 2.28. The molecule has 1 aromatic rings. The Balaban J connectivity index is 2.00. The quantitative estimate of drug-likeness (QED) is 0.740. The maximum Gasteiger partial charge on any atom is 0.319 e. The number of hydrogen-bond acceptors (Lipinski definition) is 2. The minimum atomic E-state index is -0.925. The van der Waals surface area contributed by atoms with E-state index in [1.165, 1.54) is 12.1 Å². The van der Waals surface area contributed by atoms with E-state index < -0.39 is 29.8 Å². The van der Waals surface area contributed by atoms with Gasteiger partial charge in [-0.15, -0.1) is 0 Å². The number of carboxylic acid groups (broad SMARTS) is 1. The second-order valence-corrected chi connectivity index (χ2v) is 5.65. The third-order valence-corrected chi connectivity index (χ3v) is 3.94. The van der Waals surface area contributed by atoms with Crippen LogP contribution in [0.5, 0.6) is 0 Å². The Morgan fingerprint density at radius 2 is 1.86 bits per heavy atom. The van der Waals surface area contributed by atoms with Gasteiger partial charge in [0.1, 0.15) is 0 Å². The Morgan fingerprint density at radius 1 is 1.24 bits per heavy atom. The van der Waals surface area contributed by atoms with Crippen molar-refractivity contribution in [3.63, 3.8) is 0 Å². The van der Waals surface area contributed by atoms with E-state index in [1.807, 2.05) is 0 Å². The van der Waals surface area contributed by atoms with Crippen molar-refractivity contribution in [2.75, 3.05) is 5.32 Å². The molecule has 21 heavy (non-hydrogen) atoms. The molecular weight excluding hydrogens is 322 g/mol. The van der Waals surface area contributed by atoms with Gasteiger partial charge < -0.3 is 15.7 Å². The molecule has 0 radical (unpaired) electrons. The topological polar surface area (TPSA) is 78.4 Å². The second kappa shape index (κ2) is 6.49. The van der Waals surface area contributed by atoms with E-state index in [1.54, 1.807) is 0 Å². The fourth-order valence-corrected chi connectivity index (χ4v) is 2.88. The Bertz CT molecular complexity index is 560. The molecule has 2 unspecified atom stereocenters. The molecular formula is C13H13Cl2FN2O3. The number of anilines is 1. The first-order valence-corrected chi connectivity index (χ1v) is 7.09. The number of carbonyl (C=O) groups excluding carboxylic acids is 1. The summed E-state index contributed by atoms with van der Waals surface area (Å²) < 4.78 is 13.3. The fourth-order valence-electron chi connectivity index (χ4n) is 2.39. The first-order chi connectivity index (χ1) is 9.88. The maximum absolute atomic E-state index is 13.3. The van der Waals surface area contributed by atoms with Gasteiger partial charge in [0.2, 0.25) is 0 Å². The minimum Gasteiger partial charge on any atom is -0.481 e. The molecule has 2 amide bonds. The maximum atomic E-state index is 13.3. The van der Waals surface area contributed by atoms with Gasteiger partial charge in [0.15, 0.2) is 5.82 Å². The van der Waals surface area contributed by atoms with Crippen LogP contribution in [0.2, 0.25) is 10.0 Å². The number of nitrogens with one attached hydrogen (secondary N) is 2. The van der Waals surface area contributed by atoms with Crippen molar-refractivity contribution in [3.8, 4) is 0 Å². The highest BCUT2D eigenvalue weighted by molar-refractivity contribution is 6.35. The van der Waals surface area contributed by atoms with E-state index >= 15 is 0 Å². The van der Waals surface area contributed by atoms with E-state index in [-0.39, 0.29) is 15.7 Å². The number of aliphatic carboxylic acids is 1. The zero-order valence-corrected chi connectivity index (χ0v) is 12.3. The van der Waals surface area contributed by atoms with Crippen LogP contribution < -0.4 is 10.6 Å². The largest absolute Gasteiger partial charge is 0.481 e. The molecule has 3 N–H and O–H groups in total. The van der Waals surface area contributed by atoms with Crippen LogP contribution in [0.4, 0.5) is 14.9 Å². The minimum absolute atomic E-state index is 0.206. The third-order valence-electron chi connectivity index (χ3n) is 3.39. The molecule has 1 aliphatic carbocycles. The normalized spacial score (nSPS) is 21.1. The summed E-state index contributed by atoms with van der Waals surface area (Å²) in [5.74, 6) is -2.27. The summed E-state index contributed by atoms with van der Waals surface area (Å²) in [5.41, 5.74) is 0.230. The van der Waals surface area contributed by atoms with Crippen molar-refractivity contribution in [2.24, 2.45) is 5.92 Å². The molecule has 0 bridgehead atoms. The monoisotopic (exact) mass is 334 g/mol. The Hall–Kier alpha value is -1.53. The van der Waals surface area contributed by atoms with Crippen molar-refractivity contribution < 1.29 is 19.1 Å². The molecule has 1 aliphatic rings. The molecule has 2 atom stereocenters. The summed E-state index contributed by atoms with van der Waals surface area (Å²) in [6.45, 7) is 0. The van der Waals surface area contributed by atoms with Crippen LogP contribution >= 0.6 is 23.2 Å². The molecule has 0 aromatic heterocycles. The number of rotatable bonds is 3. The van der Waals surface area contributed by atoms with E-state index in [9.17, 15) is 14.0 Å². The van der Waals surface area contributed by atoms with Gasteiger partial charge in [0.05, 0.1) is 16.0 Å². The van der Waals surface area contributed by atoms with Crippen LogP contribution in [-0.2, 0) is 4.79 Å². The predicted octanol–water partition coefficient (Wildman–Crippen LogP) is 3.51. The molecule has 0 spiro atoms. The van der Waals surface area contributed by atoms with Gasteiger partial charge in [0, 0.05) is 11.7 Å². The lowest BCUT2D eigenvalue weighted by Crippen LogP contribution is -2.42. The number of halogens is 3. The smallest absolute Gasteiger partial charge is 0.319 e. The van der Waals surface area contributed by atoms with Gasteiger partial charge in [-0.2, -0.15) is 0 Å². The molecule has 8 heteroatoms. The average molecular weight is 335 g/mol. The molecule has 114 valence electrons. The number of benzene rings is 1. The molecule has 2 rings (SSSR count). The summed E-state index contributed by atoms with van der Waals surface area (Å²) in [6, 6.07) is 1.46. The van der Waals surface area contributed by atoms with Gasteiger partial charge in [-0.3, -0.25) is 4.79 Å². The van der Waals surface area contributed by atoms with Crippen LogP contribution in [0.3, 0.4) is 0 Å². The Labute approximate surface area is 130 Å². The van der Waals surface area contributed by atoms with Crippen molar-refractivity contribution >= 4 is 40.9 Å². The SMILES string of the molecule is O=C(Nc1cc(Cl)c(F)c(Cl)c1)NC1CCCC1C(=O)O. The highest BCUT2D eigenvalue weighted by atomic mass is 35.5. The van der Waals surface area contributed by atoms with Crippen LogP contribution in [-0.4, -0.2) is 23.1 Å². The molecule has 0 saturated heterocycles. The van der Waals surface area contributed by atoms with Crippen molar-refractivity contribution in [1.82, 2.24) is 5.32 Å². The zero-order chi connectivity index (χ0) is 15.6. The highest BCUT2D eigenvalue weighted by Gasteiger charge is 2.33. The van der Waals surface area contributed by atoms with E-state index in [0.29, 0.717) is 12.8 Å². The summed E-state index contributed by atoms with van der Waals surface area (Å²) in [6.07, 6.45) is 1.89.